The maximum Gasteiger partial charge on any atom is 0.191 e. The molecule has 0 radical (unpaired) electrons. The van der Waals surface area contributed by atoms with Crippen LogP contribution in [0.2, 0.25) is 0 Å². The summed E-state index contributed by atoms with van der Waals surface area (Å²) < 4.78 is 5.02. The minimum Gasteiger partial charge on any atom is -0.385 e. The second-order valence-corrected chi connectivity index (χ2v) is 4.41. The van der Waals surface area contributed by atoms with E-state index in [9.17, 15) is 0 Å². The van der Waals surface area contributed by atoms with E-state index in [1.165, 1.54) is 0 Å². The average molecular weight is 400 g/mol. The highest BCUT2D eigenvalue weighted by Gasteiger charge is 1.99. The highest BCUT2D eigenvalue weighted by atomic mass is 127. The Morgan fingerprint density at radius 3 is 2.35 bits per heavy atom. The Morgan fingerprint density at radius 2 is 1.80 bits per heavy atom. The summed E-state index contributed by atoms with van der Waals surface area (Å²) in [6, 6.07) is 0. The number of halogens is 1. The summed E-state index contributed by atoms with van der Waals surface area (Å²) in [4.78, 5) is 6.94. The van der Waals surface area contributed by atoms with Crippen molar-refractivity contribution in [2.45, 2.75) is 33.6 Å². The Hall–Kier alpha value is -0.0800. The average Bonchev–Trinajstić information content (AvgIpc) is 2.43. The molecule has 0 saturated carbocycles. The monoisotopic (exact) mass is 400 g/mol. The van der Waals surface area contributed by atoms with Gasteiger partial charge in [0.05, 0.1) is 0 Å². The number of methoxy groups -OCH3 is 1. The van der Waals surface area contributed by atoms with E-state index in [1.54, 1.807) is 7.11 Å². The molecule has 0 atom stereocenters. The van der Waals surface area contributed by atoms with Gasteiger partial charge in [-0.2, -0.15) is 0 Å². The van der Waals surface area contributed by atoms with Gasteiger partial charge in [0, 0.05) is 33.4 Å². The van der Waals surface area contributed by atoms with E-state index in [2.05, 4.69) is 41.3 Å². The number of guanidine groups is 1. The molecule has 2 N–H and O–H groups in total. The van der Waals surface area contributed by atoms with Gasteiger partial charge in [0.15, 0.2) is 5.96 Å². The number of ether oxygens (including phenoxy) is 1. The molecule has 0 fully saturated rings. The van der Waals surface area contributed by atoms with Gasteiger partial charge in [-0.15, -0.1) is 24.0 Å². The van der Waals surface area contributed by atoms with Gasteiger partial charge in [-0.3, -0.25) is 4.99 Å². The van der Waals surface area contributed by atoms with Gasteiger partial charge in [0.1, 0.15) is 0 Å². The van der Waals surface area contributed by atoms with Gasteiger partial charge >= 0.3 is 0 Å². The van der Waals surface area contributed by atoms with Crippen molar-refractivity contribution in [3.05, 3.63) is 0 Å². The third-order valence-corrected chi connectivity index (χ3v) is 2.96. The third-order valence-electron chi connectivity index (χ3n) is 2.96. The van der Waals surface area contributed by atoms with E-state index in [0.717, 1.165) is 64.7 Å². The predicted octanol–water partition coefficient (Wildman–Crippen LogP) is 1.93. The quantitative estimate of drug-likeness (QED) is 0.241. The largest absolute Gasteiger partial charge is 0.385 e. The summed E-state index contributed by atoms with van der Waals surface area (Å²) in [7, 11) is 1.72. The zero-order chi connectivity index (χ0) is 14.3. The van der Waals surface area contributed by atoms with Crippen LogP contribution in [0, 0.1) is 0 Å². The lowest BCUT2D eigenvalue weighted by Gasteiger charge is -2.18. The van der Waals surface area contributed by atoms with Crippen LogP contribution in [-0.2, 0) is 4.74 Å². The lowest BCUT2D eigenvalue weighted by Crippen LogP contribution is -2.39. The molecule has 122 valence electrons. The summed E-state index contributed by atoms with van der Waals surface area (Å²) in [6.45, 7) is 13.3. The van der Waals surface area contributed by atoms with Crippen molar-refractivity contribution in [1.82, 2.24) is 15.5 Å². The Kier molecular flexibility index (Phi) is 18.8. The van der Waals surface area contributed by atoms with E-state index >= 15 is 0 Å². The maximum atomic E-state index is 5.02. The number of nitrogens with one attached hydrogen (secondary N) is 2. The molecule has 0 aromatic rings. The minimum absolute atomic E-state index is 0. The Bertz CT molecular complexity index is 223. The van der Waals surface area contributed by atoms with Crippen LogP contribution < -0.4 is 10.6 Å². The van der Waals surface area contributed by atoms with E-state index < -0.39 is 0 Å². The van der Waals surface area contributed by atoms with Crippen molar-refractivity contribution in [3.63, 3.8) is 0 Å². The molecule has 0 unspecified atom stereocenters. The first-order chi connectivity index (χ1) is 9.28. The van der Waals surface area contributed by atoms with Gasteiger partial charge in [-0.25, -0.2) is 0 Å². The third kappa shape index (κ3) is 12.9. The van der Waals surface area contributed by atoms with Crippen LogP contribution in [0.1, 0.15) is 33.6 Å². The zero-order valence-electron chi connectivity index (χ0n) is 13.6. The van der Waals surface area contributed by atoms with Crippen molar-refractivity contribution in [1.29, 1.82) is 0 Å². The van der Waals surface area contributed by atoms with E-state index in [-0.39, 0.29) is 24.0 Å². The first-order valence-corrected chi connectivity index (χ1v) is 7.51. The summed E-state index contributed by atoms with van der Waals surface area (Å²) in [5.74, 6) is 0.915. The number of hydrogen-bond donors (Lipinski definition) is 2. The van der Waals surface area contributed by atoms with Crippen LogP contribution in [0.4, 0.5) is 0 Å². The molecular formula is C14H33IN4O. The Labute approximate surface area is 141 Å². The fourth-order valence-electron chi connectivity index (χ4n) is 1.79. The van der Waals surface area contributed by atoms with Gasteiger partial charge < -0.3 is 20.3 Å². The van der Waals surface area contributed by atoms with Crippen molar-refractivity contribution in [2.24, 2.45) is 4.99 Å². The molecule has 0 aliphatic heterocycles. The van der Waals surface area contributed by atoms with Crippen LogP contribution in [0.15, 0.2) is 4.99 Å². The molecule has 0 aromatic heterocycles. The van der Waals surface area contributed by atoms with Gasteiger partial charge in [0.2, 0.25) is 0 Å². The summed E-state index contributed by atoms with van der Waals surface area (Å²) in [5, 5.41) is 6.63. The van der Waals surface area contributed by atoms with E-state index in [1.807, 2.05) is 0 Å². The van der Waals surface area contributed by atoms with Gasteiger partial charge in [-0.05, 0) is 39.4 Å². The molecule has 20 heavy (non-hydrogen) atoms. The van der Waals surface area contributed by atoms with Crippen molar-refractivity contribution < 1.29 is 4.74 Å². The number of aliphatic imine (C=N–C) groups is 1. The van der Waals surface area contributed by atoms with Crippen LogP contribution in [0.3, 0.4) is 0 Å². The van der Waals surface area contributed by atoms with Crippen LogP contribution in [-0.4, -0.2) is 63.8 Å². The molecule has 0 aliphatic rings. The maximum absolute atomic E-state index is 5.02. The molecule has 0 saturated heterocycles. The molecule has 0 aliphatic carbocycles. The lowest BCUT2D eigenvalue weighted by molar-refractivity contribution is 0.197. The zero-order valence-corrected chi connectivity index (χ0v) is 15.9. The lowest BCUT2D eigenvalue weighted by atomic mass is 10.3. The fraction of sp³-hybridized carbons (Fsp3) is 0.929. The minimum atomic E-state index is 0. The number of hydrogen-bond acceptors (Lipinski definition) is 3. The molecule has 0 aromatic carbocycles. The van der Waals surface area contributed by atoms with Crippen LogP contribution in [0.25, 0.3) is 0 Å². The molecule has 0 heterocycles. The van der Waals surface area contributed by atoms with Crippen molar-refractivity contribution in [2.75, 3.05) is 53.0 Å². The molecule has 0 amide bonds. The second kappa shape index (κ2) is 17.0. The van der Waals surface area contributed by atoms with E-state index in [4.69, 9.17) is 4.74 Å². The van der Waals surface area contributed by atoms with Crippen molar-refractivity contribution >= 4 is 29.9 Å². The van der Waals surface area contributed by atoms with Gasteiger partial charge in [0.25, 0.3) is 0 Å². The standard InChI is InChI=1S/C14H32N4O.HI/c1-5-15-14(17-11-9-13-19-4)16-10-8-12-18(6-2)7-3;/h5-13H2,1-4H3,(H2,15,16,17);1H. The second-order valence-electron chi connectivity index (χ2n) is 4.41. The molecular weight excluding hydrogens is 367 g/mol. The summed E-state index contributed by atoms with van der Waals surface area (Å²) >= 11 is 0. The normalized spacial score (nSPS) is 11.3. The first-order valence-electron chi connectivity index (χ1n) is 7.51. The highest BCUT2D eigenvalue weighted by Crippen LogP contribution is 1.89. The SMILES string of the molecule is CCNC(=NCCCOC)NCCCN(CC)CC.I. The van der Waals surface area contributed by atoms with Gasteiger partial charge in [-0.1, -0.05) is 13.8 Å². The predicted molar refractivity (Wildman–Crippen MR) is 98.3 cm³/mol. The smallest absolute Gasteiger partial charge is 0.191 e. The molecule has 0 spiro atoms. The number of rotatable bonds is 11. The number of nitrogens with zero attached hydrogens (tertiary/aromatic N) is 2. The van der Waals surface area contributed by atoms with E-state index in [0.29, 0.717) is 0 Å². The van der Waals surface area contributed by atoms with Crippen LogP contribution in [0.5, 0.6) is 0 Å². The van der Waals surface area contributed by atoms with Crippen molar-refractivity contribution in [3.8, 4) is 0 Å². The Morgan fingerprint density at radius 1 is 1.10 bits per heavy atom. The first kappa shape index (κ1) is 22.2. The molecule has 5 nitrogen and oxygen atoms in total. The van der Waals surface area contributed by atoms with Crippen LogP contribution >= 0.6 is 24.0 Å². The summed E-state index contributed by atoms with van der Waals surface area (Å²) in [6.07, 6.45) is 2.11. The molecule has 6 heteroatoms. The highest BCUT2D eigenvalue weighted by molar-refractivity contribution is 14.0. The summed E-state index contributed by atoms with van der Waals surface area (Å²) in [5.41, 5.74) is 0. The fourth-order valence-corrected chi connectivity index (χ4v) is 1.79. The molecule has 0 bridgehead atoms. The topological polar surface area (TPSA) is 48.9 Å². The molecule has 0 rings (SSSR count). The Balaban J connectivity index is 0.